The standard InChI is InChI=1S/C12H10FNO/c1-8(15)14-12-10-5-3-2-4-9(10)6-7-11(12)13/h2-7H,1H3,(H,14,15). The van der Waals surface area contributed by atoms with Crippen molar-refractivity contribution in [2.45, 2.75) is 6.92 Å². The first-order valence-electron chi connectivity index (χ1n) is 4.63. The molecule has 3 heteroatoms. The van der Waals surface area contributed by atoms with Crippen LogP contribution < -0.4 is 5.32 Å². The number of hydrogen-bond donors (Lipinski definition) is 1. The number of amides is 1. The Labute approximate surface area is 86.7 Å². The number of rotatable bonds is 1. The molecule has 0 atom stereocenters. The van der Waals surface area contributed by atoms with Gasteiger partial charge in [-0.05, 0) is 11.5 Å². The first-order chi connectivity index (χ1) is 7.18. The predicted octanol–water partition coefficient (Wildman–Crippen LogP) is 2.94. The zero-order chi connectivity index (χ0) is 10.8. The number of nitrogens with one attached hydrogen (secondary N) is 1. The second-order valence-corrected chi connectivity index (χ2v) is 3.32. The maximum absolute atomic E-state index is 13.5. The third-order valence-corrected chi connectivity index (χ3v) is 2.18. The zero-order valence-electron chi connectivity index (χ0n) is 8.25. The van der Waals surface area contributed by atoms with Gasteiger partial charge in [-0.25, -0.2) is 4.39 Å². The number of fused-ring (bicyclic) bond motifs is 1. The van der Waals surface area contributed by atoms with E-state index in [1.54, 1.807) is 12.1 Å². The van der Waals surface area contributed by atoms with Gasteiger partial charge in [0.15, 0.2) is 0 Å². The average Bonchev–Trinajstić information content (AvgIpc) is 2.22. The van der Waals surface area contributed by atoms with Crippen molar-refractivity contribution in [3.63, 3.8) is 0 Å². The molecule has 0 aromatic heterocycles. The fourth-order valence-electron chi connectivity index (χ4n) is 1.55. The lowest BCUT2D eigenvalue weighted by Gasteiger charge is -2.07. The molecule has 0 radical (unpaired) electrons. The van der Waals surface area contributed by atoms with Gasteiger partial charge in [-0.2, -0.15) is 0 Å². The van der Waals surface area contributed by atoms with E-state index in [9.17, 15) is 9.18 Å². The maximum Gasteiger partial charge on any atom is 0.221 e. The Morgan fingerprint density at radius 2 is 1.93 bits per heavy atom. The van der Waals surface area contributed by atoms with Crippen LogP contribution in [0, 0.1) is 5.82 Å². The summed E-state index contributed by atoms with van der Waals surface area (Å²) >= 11 is 0. The lowest BCUT2D eigenvalue weighted by atomic mass is 10.1. The van der Waals surface area contributed by atoms with Crippen LogP contribution in [0.15, 0.2) is 36.4 Å². The van der Waals surface area contributed by atoms with Crippen molar-refractivity contribution < 1.29 is 9.18 Å². The summed E-state index contributed by atoms with van der Waals surface area (Å²) in [7, 11) is 0. The number of carbonyl (C=O) groups is 1. The highest BCUT2D eigenvalue weighted by molar-refractivity contribution is 6.01. The number of hydrogen-bond acceptors (Lipinski definition) is 1. The van der Waals surface area contributed by atoms with E-state index < -0.39 is 5.82 Å². The third-order valence-electron chi connectivity index (χ3n) is 2.18. The Bertz CT molecular complexity index is 522. The van der Waals surface area contributed by atoms with E-state index in [1.165, 1.54) is 13.0 Å². The summed E-state index contributed by atoms with van der Waals surface area (Å²) in [5.74, 6) is -0.686. The van der Waals surface area contributed by atoms with Gasteiger partial charge in [-0.1, -0.05) is 30.3 Å². The summed E-state index contributed by atoms with van der Waals surface area (Å²) < 4.78 is 13.5. The van der Waals surface area contributed by atoms with Gasteiger partial charge in [-0.15, -0.1) is 0 Å². The minimum absolute atomic E-state index is 0.251. The Morgan fingerprint density at radius 1 is 1.20 bits per heavy atom. The number of benzene rings is 2. The van der Waals surface area contributed by atoms with Crippen molar-refractivity contribution in [3.8, 4) is 0 Å². The van der Waals surface area contributed by atoms with Crippen molar-refractivity contribution >= 4 is 22.4 Å². The summed E-state index contributed by atoms with van der Waals surface area (Å²) in [6, 6.07) is 10.4. The van der Waals surface area contributed by atoms with Crippen LogP contribution in [0.1, 0.15) is 6.92 Å². The number of carbonyl (C=O) groups excluding carboxylic acids is 1. The van der Waals surface area contributed by atoms with Crippen LogP contribution in [0.2, 0.25) is 0 Å². The van der Waals surface area contributed by atoms with Crippen molar-refractivity contribution in [2.75, 3.05) is 5.32 Å². The maximum atomic E-state index is 13.5. The smallest absolute Gasteiger partial charge is 0.221 e. The number of anilines is 1. The molecule has 0 spiro atoms. The Kier molecular flexibility index (Phi) is 2.37. The van der Waals surface area contributed by atoms with Gasteiger partial charge >= 0.3 is 0 Å². The summed E-state index contributed by atoms with van der Waals surface area (Å²) in [4.78, 5) is 10.9. The van der Waals surface area contributed by atoms with Gasteiger partial charge in [0.25, 0.3) is 0 Å². The molecule has 2 aromatic rings. The summed E-state index contributed by atoms with van der Waals surface area (Å²) in [5, 5.41) is 4.12. The number of halogens is 1. The van der Waals surface area contributed by atoms with Crippen molar-refractivity contribution in [1.29, 1.82) is 0 Å². The molecule has 0 aliphatic heterocycles. The highest BCUT2D eigenvalue weighted by Gasteiger charge is 2.07. The lowest BCUT2D eigenvalue weighted by molar-refractivity contribution is -0.114. The molecule has 0 aliphatic rings. The fourth-order valence-corrected chi connectivity index (χ4v) is 1.55. The zero-order valence-corrected chi connectivity index (χ0v) is 8.25. The second kappa shape index (κ2) is 3.69. The highest BCUT2D eigenvalue weighted by atomic mass is 19.1. The van der Waals surface area contributed by atoms with E-state index in [4.69, 9.17) is 0 Å². The first kappa shape index (κ1) is 9.65. The normalized spacial score (nSPS) is 10.3. The summed E-state index contributed by atoms with van der Waals surface area (Å²) in [6.07, 6.45) is 0. The van der Waals surface area contributed by atoms with Gasteiger partial charge in [-0.3, -0.25) is 4.79 Å². The molecule has 0 fully saturated rings. The highest BCUT2D eigenvalue weighted by Crippen LogP contribution is 2.26. The predicted molar refractivity (Wildman–Crippen MR) is 58.2 cm³/mol. The van der Waals surface area contributed by atoms with Crippen LogP contribution in [0.4, 0.5) is 10.1 Å². The monoisotopic (exact) mass is 203 g/mol. The largest absolute Gasteiger partial charge is 0.323 e. The van der Waals surface area contributed by atoms with Gasteiger partial charge < -0.3 is 5.32 Å². The van der Waals surface area contributed by atoms with E-state index in [-0.39, 0.29) is 11.6 Å². The topological polar surface area (TPSA) is 29.1 Å². The quantitative estimate of drug-likeness (QED) is 0.758. The van der Waals surface area contributed by atoms with Crippen molar-refractivity contribution in [3.05, 3.63) is 42.2 Å². The Hall–Kier alpha value is -1.90. The molecule has 2 nitrogen and oxygen atoms in total. The van der Waals surface area contributed by atoms with Gasteiger partial charge in [0.2, 0.25) is 5.91 Å². The van der Waals surface area contributed by atoms with Crippen LogP contribution >= 0.6 is 0 Å². The van der Waals surface area contributed by atoms with Crippen LogP contribution in [-0.2, 0) is 4.79 Å². The third kappa shape index (κ3) is 1.81. The van der Waals surface area contributed by atoms with Crippen LogP contribution in [0.3, 0.4) is 0 Å². The average molecular weight is 203 g/mol. The molecule has 0 saturated heterocycles. The van der Waals surface area contributed by atoms with Crippen LogP contribution in [0.25, 0.3) is 10.8 Å². The molecule has 2 rings (SSSR count). The van der Waals surface area contributed by atoms with Crippen molar-refractivity contribution in [2.24, 2.45) is 0 Å². The lowest BCUT2D eigenvalue weighted by Crippen LogP contribution is -2.07. The summed E-state index contributed by atoms with van der Waals surface area (Å²) in [6.45, 7) is 1.36. The molecular formula is C12H10FNO. The van der Waals surface area contributed by atoms with Gasteiger partial charge in [0.05, 0.1) is 5.69 Å². The van der Waals surface area contributed by atoms with Gasteiger partial charge in [0, 0.05) is 12.3 Å². The fraction of sp³-hybridized carbons (Fsp3) is 0.0833. The van der Waals surface area contributed by atoms with E-state index in [0.717, 1.165) is 5.39 Å². The van der Waals surface area contributed by atoms with Crippen LogP contribution in [-0.4, -0.2) is 5.91 Å². The van der Waals surface area contributed by atoms with Gasteiger partial charge in [0.1, 0.15) is 5.82 Å². The minimum atomic E-state index is -0.413. The SMILES string of the molecule is CC(=O)Nc1c(F)ccc2ccccc12. The first-order valence-corrected chi connectivity index (χ1v) is 4.63. The molecular weight excluding hydrogens is 193 g/mol. The van der Waals surface area contributed by atoms with E-state index in [2.05, 4.69) is 5.32 Å². The van der Waals surface area contributed by atoms with E-state index in [1.807, 2.05) is 18.2 Å². The summed E-state index contributed by atoms with van der Waals surface area (Å²) in [5.41, 5.74) is 0.251. The molecule has 0 unspecified atom stereocenters. The van der Waals surface area contributed by atoms with E-state index in [0.29, 0.717) is 5.39 Å². The minimum Gasteiger partial charge on any atom is -0.323 e. The van der Waals surface area contributed by atoms with Crippen molar-refractivity contribution in [1.82, 2.24) is 0 Å². The Balaban J connectivity index is 2.68. The molecule has 15 heavy (non-hydrogen) atoms. The molecule has 0 bridgehead atoms. The molecule has 76 valence electrons. The molecule has 0 heterocycles. The molecule has 0 aliphatic carbocycles. The Morgan fingerprint density at radius 3 is 2.67 bits per heavy atom. The molecule has 1 amide bonds. The molecule has 2 aromatic carbocycles. The van der Waals surface area contributed by atoms with Crippen LogP contribution in [0.5, 0.6) is 0 Å². The molecule has 0 saturated carbocycles. The second-order valence-electron chi connectivity index (χ2n) is 3.32. The van der Waals surface area contributed by atoms with E-state index >= 15 is 0 Å². The molecule has 1 N–H and O–H groups in total.